The molecule has 0 aromatic heterocycles. The molecule has 7 heteroatoms. The standard InChI is InChI=1S/C20H28N4O3/c1-14-7-8-16(15(2)11-14)12-23(3)13-17(25)22-24-18(26)20(21-19(24)27)9-5-4-6-10-20/h7-8,11H,4-6,9-10,12-13H2,1-3H3,(H,21,27)(H,22,25). The van der Waals surface area contributed by atoms with Crippen LogP contribution in [0.25, 0.3) is 0 Å². The fourth-order valence-corrected chi connectivity index (χ4v) is 3.99. The summed E-state index contributed by atoms with van der Waals surface area (Å²) in [6, 6.07) is 5.68. The molecule has 146 valence electrons. The van der Waals surface area contributed by atoms with Crippen molar-refractivity contribution in [1.82, 2.24) is 20.7 Å². The van der Waals surface area contributed by atoms with E-state index in [4.69, 9.17) is 0 Å². The van der Waals surface area contributed by atoms with Crippen LogP contribution in [0.2, 0.25) is 0 Å². The third-order valence-corrected chi connectivity index (χ3v) is 5.46. The second kappa shape index (κ2) is 7.68. The first kappa shape index (κ1) is 19.4. The summed E-state index contributed by atoms with van der Waals surface area (Å²) >= 11 is 0. The number of imide groups is 1. The van der Waals surface area contributed by atoms with Crippen molar-refractivity contribution in [2.45, 2.75) is 58.0 Å². The molecule has 0 radical (unpaired) electrons. The van der Waals surface area contributed by atoms with Crippen LogP contribution in [-0.2, 0) is 16.1 Å². The number of hydrogen-bond acceptors (Lipinski definition) is 4. The van der Waals surface area contributed by atoms with Gasteiger partial charge in [0, 0.05) is 6.54 Å². The van der Waals surface area contributed by atoms with Crippen LogP contribution >= 0.6 is 0 Å². The lowest BCUT2D eigenvalue weighted by atomic mass is 9.82. The Labute approximate surface area is 160 Å². The molecule has 2 fully saturated rings. The topological polar surface area (TPSA) is 81.8 Å². The second-order valence-corrected chi connectivity index (χ2v) is 7.85. The summed E-state index contributed by atoms with van der Waals surface area (Å²) in [4.78, 5) is 39.1. The van der Waals surface area contributed by atoms with E-state index >= 15 is 0 Å². The molecule has 1 aliphatic carbocycles. The van der Waals surface area contributed by atoms with Gasteiger partial charge in [0.1, 0.15) is 5.54 Å². The maximum absolute atomic E-state index is 12.7. The first-order chi connectivity index (χ1) is 12.8. The number of carbonyl (C=O) groups is 3. The van der Waals surface area contributed by atoms with E-state index in [0.717, 1.165) is 29.8 Å². The summed E-state index contributed by atoms with van der Waals surface area (Å²) < 4.78 is 0. The van der Waals surface area contributed by atoms with E-state index in [9.17, 15) is 14.4 Å². The van der Waals surface area contributed by atoms with Crippen LogP contribution in [0, 0.1) is 13.8 Å². The van der Waals surface area contributed by atoms with Crippen LogP contribution in [0.1, 0.15) is 48.8 Å². The number of amides is 4. The lowest BCUT2D eigenvalue weighted by molar-refractivity contribution is -0.140. The average Bonchev–Trinajstić information content (AvgIpc) is 2.82. The molecule has 0 bridgehead atoms. The zero-order chi connectivity index (χ0) is 19.6. The predicted octanol–water partition coefficient (Wildman–Crippen LogP) is 2.02. The normalized spacial score (nSPS) is 18.9. The van der Waals surface area contributed by atoms with Crippen molar-refractivity contribution < 1.29 is 14.4 Å². The van der Waals surface area contributed by atoms with Gasteiger partial charge in [-0.05, 0) is 44.9 Å². The molecule has 2 N–H and O–H groups in total. The number of hydrazine groups is 1. The van der Waals surface area contributed by atoms with Gasteiger partial charge in [-0.2, -0.15) is 5.01 Å². The number of benzene rings is 1. The van der Waals surface area contributed by atoms with Crippen LogP contribution in [0.3, 0.4) is 0 Å². The van der Waals surface area contributed by atoms with Gasteiger partial charge in [0.05, 0.1) is 6.54 Å². The highest BCUT2D eigenvalue weighted by atomic mass is 16.2. The Balaban J connectivity index is 1.57. The Morgan fingerprint density at radius 1 is 1.22 bits per heavy atom. The molecule has 0 atom stereocenters. The third-order valence-electron chi connectivity index (χ3n) is 5.46. The molecule has 1 saturated carbocycles. The smallest absolute Gasteiger partial charge is 0.322 e. The lowest BCUT2D eigenvalue weighted by Gasteiger charge is -2.30. The number of carbonyl (C=O) groups excluding carboxylic acids is 3. The van der Waals surface area contributed by atoms with Gasteiger partial charge in [0.2, 0.25) is 0 Å². The van der Waals surface area contributed by atoms with Gasteiger partial charge in [-0.1, -0.05) is 43.0 Å². The van der Waals surface area contributed by atoms with Crippen molar-refractivity contribution in [2.75, 3.05) is 13.6 Å². The zero-order valence-electron chi connectivity index (χ0n) is 16.3. The minimum absolute atomic E-state index is 0.0946. The van der Waals surface area contributed by atoms with Crippen molar-refractivity contribution in [3.8, 4) is 0 Å². The highest BCUT2D eigenvalue weighted by Crippen LogP contribution is 2.32. The second-order valence-electron chi connectivity index (χ2n) is 7.85. The molecule has 1 aromatic carbocycles. The van der Waals surface area contributed by atoms with E-state index in [1.54, 1.807) is 0 Å². The number of nitrogens with zero attached hydrogens (tertiary/aromatic N) is 2. The minimum atomic E-state index is -0.826. The molecule has 1 aliphatic heterocycles. The maximum Gasteiger partial charge on any atom is 0.344 e. The van der Waals surface area contributed by atoms with Crippen LogP contribution in [0.5, 0.6) is 0 Å². The Morgan fingerprint density at radius 2 is 1.93 bits per heavy atom. The molecule has 1 saturated heterocycles. The van der Waals surface area contributed by atoms with Crippen LogP contribution in [0.4, 0.5) is 4.79 Å². The van der Waals surface area contributed by atoms with E-state index in [0.29, 0.717) is 19.4 Å². The van der Waals surface area contributed by atoms with Crippen molar-refractivity contribution in [3.63, 3.8) is 0 Å². The molecule has 27 heavy (non-hydrogen) atoms. The Hall–Kier alpha value is -2.41. The number of likely N-dealkylation sites (N-methyl/N-ethyl adjacent to an activating group) is 1. The first-order valence-electron chi connectivity index (χ1n) is 9.52. The van der Waals surface area contributed by atoms with Gasteiger partial charge in [0.25, 0.3) is 11.8 Å². The Bertz CT molecular complexity index is 756. The van der Waals surface area contributed by atoms with E-state index < -0.39 is 11.6 Å². The highest BCUT2D eigenvalue weighted by Gasteiger charge is 2.52. The zero-order valence-corrected chi connectivity index (χ0v) is 16.3. The van der Waals surface area contributed by atoms with Gasteiger partial charge in [-0.15, -0.1) is 0 Å². The van der Waals surface area contributed by atoms with Gasteiger partial charge < -0.3 is 5.32 Å². The molecular weight excluding hydrogens is 344 g/mol. The van der Waals surface area contributed by atoms with Crippen molar-refractivity contribution in [2.24, 2.45) is 0 Å². The first-order valence-corrected chi connectivity index (χ1v) is 9.52. The van der Waals surface area contributed by atoms with Gasteiger partial charge in [-0.25, -0.2) is 4.79 Å². The van der Waals surface area contributed by atoms with Crippen LogP contribution in [-0.4, -0.2) is 46.9 Å². The average molecular weight is 372 g/mol. The maximum atomic E-state index is 12.7. The SMILES string of the molecule is Cc1ccc(CN(C)CC(=O)NN2C(=O)NC3(CCCCC3)C2=O)c(C)c1. The van der Waals surface area contributed by atoms with Gasteiger partial charge >= 0.3 is 6.03 Å². The summed E-state index contributed by atoms with van der Waals surface area (Å²) in [6.45, 7) is 4.80. The van der Waals surface area contributed by atoms with E-state index in [-0.39, 0.29) is 18.4 Å². The molecule has 7 nitrogen and oxygen atoms in total. The number of rotatable bonds is 5. The largest absolute Gasteiger partial charge is 0.344 e. The Kier molecular flexibility index (Phi) is 5.51. The predicted molar refractivity (Wildman–Crippen MR) is 102 cm³/mol. The summed E-state index contributed by atoms with van der Waals surface area (Å²) in [5, 5.41) is 3.65. The number of hydrogen-bond donors (Lipinski definition) is 2. The third kappa shape index (κ3) is 4.13. The molecule has 1 heterocycles. The monoisotopic (exact) mass is 372 g/mol. The molecule has 2 aliphatic rings. The van der Waals surface area contributed by atoms with Crippen molar-refractivity contribution >= 4 is 17.8 Å². The van der Waals surface area contributed by atoms with Crippen molar-refractivity contribution in [3.05, 3.63) is 34.9 Å². The fourth-order valence-electron chi connectivity index (χ4n) is 3.99. The molecule has 3 rings (SSSR count). The molecule has 1 spiro atoms. The summed E-state index contributed by atoms with van der Waals surface area (Å²) in [7, 11) is 1.84. The summed E-state index contributed by atoms with van der Waals surface area (Å²) in [6.07, 6.45) is 4.16. The van der Waals surface area contributed by atoms with Gasteiger partial charge in [0.15, 0.2) is 0 Å². The minimum Gasteiger partial charge on any atom is -0.322 e. The molecular formula is C20H28N4O3. The Morgan fingerprint density at radius 3 is 2.59 bits per heavy atom. The van der Waals surface area contributed by atoms with Crippen molar-refractivity contribution in [1.29, 1.82) is 0 Å². The van der Waals surface area contributed by atoms with E-state index in [1.165, 1.54) is 11.1 Å². The lowest BCUT2D eigenvalue weighted by Crippen LogP contribution is -2.52. The molecule has 1 aromatic rings. The number of aryl methyl sites for hydroxylation is 2. The van der Waals surface area contributed by atoms with Crippen LogP contribution in [0.15, 0.2) is 18.2 Å². The summed E-state index contributed by atoms with van der Waals surface area (Å²) in [5.74, 6) is -0.712. The highest BCUT2D eigenvalue weighted by molar-refractivity contribution is 6.08. The van der Waals surface area contributed by atoms with Crippen LogP contribution < -0.4 is 10.7 Å². The van der Waals surface area contributed by atoms with E-state index in [1.807, 2.05) is 31.9 Å². The summed E-state index contributed by atoms with van der Waals surface area (Å²) in [5.41, 5.74) is 5.18. The van der Waals surface area contributed by atoms with Gasteiger partial charge in [-0.3, -0.25) is 19.9 Å². The number of nitrogens with one attached hydrogen (secondary N) is 2. The van der Waals surface area contributed by atoms with E-state index in [2.05, 4.69) is 22.9 Å². The quantitative estimate of drug-likeness (QED) is 0.775. The molecule has 0 unspecified atom stereocenters. The number of urea groups is 1. The fraction of sp³-hybridized carbons (Fsp3) is 0.550. The molecule has 4 amide bonds.